The Morgan fingerprint density at radius 1 is 1.11 bits per heavy atom. The topological polar surface area (TPSA) is 62.7 Å². The van der Waals surface area contributed by atoms with Gasteiger partial charge in [0.05, 0.1) is 5.52 Å². The maximum Gasteiger partial charge on any atom is 0.511 e. The molecule has 0 unspecified atom stereocenters. The van der Waals surface area contributed by atoms with Gasteiger partial charge in [0.1, 0.15) is 0 Å². The molecule has 0 radical (unpaired) electrons. The summed E-state index contributed by atoms with van der Waals surface area (Å²) in [5.41, 5.74) is 2.00. The standard InChI is InChI=1S/C20H18Cl2N2O3/c1-3-24(4-2)19-18(27-20(25)26)17(12-6-5-7-13(21)10-12)15-11-14(22)8-9-16(15)23-19/h5-11H,3-4H2,1-2H3,(H,25,26). The van der Waals surface area contributed by atoms with Gasteiger partial charge in [-0.25, -0.2) is 9.78 Å². The third kappa shape index (κ3) is 3.94. The number of rotatable bonds is 5. The predicted octanol–water partition coefficient (Wildman–Crippen LogP) is 6.11. The fourth-order valence-corrected chi connectivity index (χ4v) is 3.42. The molecule has 0 saturated carbocycles. The number of carboxylic acid groups (broad SMARTS) is 1. The molecule has 0 aliphatic carbocycles. The number of hydrogen-bond acceptors (Lipinski definition) is 4. The Hall–Kier alpha value is -2.50. The lowest BCUT2D eigenvalue weighted by Crippen LogP contribution is -2.24. The molecule has 0 spiro atoms. The second kappa shape index (κ2) is 8.03. The number of benzene rings is 2. The summed E-state index contributed by atoms with van der Waals surface area (Å²) in [6, 6.07) is 12.5. The van der Waals surface area contributed by atoms with Crippen molar-refractivity contribution >= 4 is 46.1 Å². The number of pyridine rings is 1. The molecule has 27 heavy (non-hydrogen) atoms. The maximum atomic E-state index is 11.5. The first-order chi connectivity index (χ1) is 12.9. The third-order valence-corrected chi connectivity index (χ3v) is 4.72. The molecule has 0 aliphatic rings. The highest BCUT2D eigenvalue weighted by molar-refractivity contribution is 6.32. The number of aromatic nitrogens is 1. The first-order valence-electron chi connectivity index (χ1n) is 8.49. The summed E-state index contributed by atoms with van der Waals surface area (Å²) >= 11 is 12.4. The largest absolute Gasteiger partial charge is 0.511 e. The Morgan fingerprint density at radius 2 is 1.81 bits per heavy atom. The van der Waals surface area contributed by atoms with E-state index in [9.17, 15) is 9.90 Å². The third-order valence-electron chi connectivity index (χ3n) is 4.25. The van der Waals surface area contributed by atoms with Crippen LogP contribution in [0.1, 0.15) is 13.8 Å². The molecule has 1 N–H and O–H groups in total. The van der Waals surface area contributed by atoms with Crippen LogP contribution in [0, 0.1) is 0 Å². The highest BCUT2D eigenvalue weighted by Gasteiger charge is 2.23. The molecule has 0 saturated heterocycles. The maximum absolute atomic E-state index is 11.5. The van der Waals surface area contributed by atoms with Crippen LogP contribution >= 0.6 is 23.2 Å². The minimum atomic E-state index is -1.41. The molecule has 0 aliphatic heterocycles. The summed E-state index contributed by atoms with van der Waals surface area (Å²) in [5, 5.41) is 11.1. The molecule has 3 aromatic rings. The number of hydrogen-bond donors (Lipinski definition) is 1. The van der Waals surface area contributed by atoms with Gasteiger partial charge in [0.2, 0.25) is 0 Å². The van der Waals surface area contributed by atoms with E-state index in [1.54, 1.807) is 30.3 Å². The van der Waals surface area contributed by atoms with Crippen molar-refractivity contribution in [1.29, 1.82) is 0 Å². The molecule has 3 rings (SSSR count). The Bertz CT molecular complexity index is 1000. The first-order valence-corrected chi connectivity index (χ1v) is 9.25. The van der Waals surface area contributed by atoms with E-state index in [2.05, 4.69) is 4.98 Å². The molecule has 1 aromatic heterocycles. The highest BCUT2D eigenvalue weighted by Crippen LogP contribution is 2.43. The number of halogens is 2. The quantitative estimate of drug-likeness (QED) is 0.519. The molecule has 140 valence electrons. The smallest absolute Gasteiger partial charge is 0.449 e. The van der Waals surface area contributed by atoms with Crippen molar-refractivity contribution in [3.63, 3.8) is 0 Å². The summed E-state index contributed by atoms with van der Waals surface area (Å²) in [6.45, 7) is 5.24. The van der Waals surface area contributed by atoms with Crippen LogP contribution in [-0.2, 0) is 0 Å². The molecular formula is C20H18Cl2N2O3. The zero-order chi connectivity index (χ0) is 19.6. The molecule has 0 bridgehead atoms. The Balaban J connectivity index is 2.46. The lowest BCUT2D eigenvalue weighted by atomic mass is 9.99. The Morgan fingerprint density at radius 3 is 2.44 bits per heavy atom. The number of carbonyl (C=O) groups is 1. The van der Waals surface area contributed by atoms with Crippen molar-refractivity contribution in [3.05, 3.63) is 52.5 Å². The van der Waals surface area contributed by atoms with Gasteiger partial charge in [-0.3, -0.25) is 0 Å². The van der Waals surface area contributed by atoms with Crippen LogP contribution in [0.4, 0.5) is 10.6 Å². The van der Waals surface area contributed by atoms with Crippen LogP contribution in [0.5, 0.6) is 5.75 Å². The molecular weight excluding hydrogens is 387 g/mol. The lowest BCUT2D eigenvalue weighted by molar-refractivity contribution is 0.144. The molecule has 0 atom stereocenters. The van der Waals surface area contributed by atoms with Gasteiger partial charge in [0.25, 0.3) is 0 Å². The second-order valence-corrected chi connectivity index (χ2v) is 6.72. The summed E-state index contributed by atoms with van der Waals surface area (Å²) in [6.07, 6.45) is -1.41. The van der Waals surface area contributed by atoms with E-state index in [1.807, 2.05) is 30.9 Å². The average Bonchev–Trinajstić information content (AvgIpc) is 2.62. The van der Waals surface area contributed by atoms with E-state index < -0.39 is 6.16 Å². The van der Waals surface area contributed by atoms with Crippen LogP contribution in [0.2, 0.25) is 10.0 Å². The molecule has 5 nitrogen and oxygen atoms in total. The van der Waals surface area contributed by atoms with Crippen molar-refractivity contribution in [1.82, 2.24) is 4.98 Å². The van der Waals surface area contributed by atoms with Crippen LogP contribution in [0.15, 0.2) is 42.5 Å². The van der Waals surface area contributed by atoms with Crippen LogP contribution < -0.4 is 9.64 Å². The number of fused-ring (bicyclic) bond motifs is 1. The van der Waals surface area contributed by atoms with Gasteiger partial charge in [0, 0.05) is 34.1 Å². The van der Waals surface area contributed by atoms with Gasteiger partial charge < -0.3 is 14.7 Å². The molecule has 1 heterocycles. The normalized spacial score (nSPS) is 10.8. The van der Waals surface area contributed by atoms with E-state index in [4.69, 9.17) is 27.9 Å². The van der Waals surface area contributed by atoms with Gasteiger partial charge in [-0.2, -0.15) is 0 Å². The molecule has 0 fully saturated rings. The van der Waals surface area contributed by atoms with Crippen LogP contribution in [0.3, 0.4) is 0 Å². The van der Waals surface area contributed by atoms with Gasteiger partial charge in [-0.1, -0.05) is 35.3 Å². The Labute approximate surface area is 167 Å². The van der Waals surface area contributed by atoms with E-state index in [1.165, 1.54) is 0 Å². The second-order valence-electron chi connectivity index (χ2n) is 5.85. The number of ether oxygens (including phenoxy) is 1. The summed E-state index contributed by atoms with van der Waals surface area (Å²) < 4.78 is 5.23. The minimum absolute atomic E-state index is 0.170. The van der Waals surface area contributed by atoms with E-state index in [0.29, 0.717) is 45.4 Å². The SMILES string of the molecule is CCN(CC)c1nc2ccc(Cl)cc2c(-c2cccc(Cl)c2)c1OC(=O)O. The zero-order valence-electron chi connectivity index (χ0n) is 14.9. The van der Waals surface area contributed by atoms with Crippen LogP contribution in [-0.4, -0.2) is 29.3 Å². The van der Waals surface area contributed by atoms with E-state index >= 15 is 0 Å². The average molecular weight is 405 g/mol. The van der Waals surface area contributed by atoms with Crippen LogP contribution in [0.25, 0.3) is 22.0 Å². The molecule has 0 amide bonds. The predicted molar refractivity (Wildman–Crippen MR) is 109 cm³/mol. The van der Waals surface area contributed by atoms with Crippen molar-refractivity contribution in [2.75, 3.05) is 18.0 Å². The summed E-state index contributed by atoms with van der Waals surface area (Å²) in [7, 11) is 0. The van der Waals surface area contributed by atoms with Crippen molar-refractivity contribution in [3.8, 4) is 16.9 Å². The van der Waals surface area contributed by atoms with E-state index in [-0.39, 0.29) is 5.75 Å². The summed E-state index contributed by atoms with van der Waals surface area (Å²) in [5.74, 6) is 0.635. The van der Waals surface area contributed by atoms with Crippen molar-refractivity contribution in [2.24, 2.45) is 0 Å². The van der Waals surface area contributed by atoms with E-state index in [0.717, 1.165) is 5.56 Å². The van der Waals surface area contributed by atoms with Crippen molar-refractivity contribution < 1.29 is 14.6 Å². The molecule has 7 heteroatoms. The van der Waals surface area contributed by atoms with Gasteiger partial charge in [0.15, 0.2) is 11.6 Å². The summed E-state index contributed by atoms with van der Waals surface area (Å²) in [4.78, 5) is 18.1. The monoisotopic (exact) mass is 404 g/mol. The number of anilines is 1. The fraction of sp³-hybridized carbons (Fsp3) is 0.200. The zero-order valence-corrected chi connectivity index (χ0v) is 16.4. The fourth-order valence-electron chi connectivity index (χ4n) is 3.06. The number of nitrogens with zero attached hydrogens (tertiary/aromatic N) is 2. The van der Waals surface area contributed by atoms with Crippen molar-refractivity contribution in [2.45, 2.75) is 13.8 Å². The first kappa shape index (κ1) is 19.3. The minimum Gasteiger partial charge on any atom is -0.449 e. The highest BCUT2D eigenvalue weighted by atomic mass is 35.5. The van der Waals surface area contributed by atoms with Gasteiger partial charge >= 0.3 is 6.16 Å². The lowest BCUT2D eigenvalue weighted by Gasteiger charge is -2.24. The van der Waals surface area contributed by atoms with Gasteiger partial charge in [-0.15, -0.1) is 0 Å². The van der Waals surface area contributed by atoms with Gasteiger partial charge in [-0.05, 0) is 49.7 Å². The Kier molecular flexibility index (Phi) is 5.73. The molecule has 2 aromatic carbocycles.